The Hall–Kier alpha value is -2.74. The van der Waals surface area contributed by atoms with Crippen molar-refractivity contribution >= 4 is 11.8 Å². The van der Waals surface area contributed by atoms with Gasteiger partial charge in [0.25, 0.3) is 5.91 Å². The van der Waals surface area contributed by atoms with Gasteiger partial charge >= 0.3 is 0 Å². The van der Waals surface area contributed by atoms with Gasteiger partial charge in [0, 0.05) is 19.6 Å². The van der Waals surface area contributed by atoms with Crippen LogP contribution in [0, 0.1) is 12.7 Å². The van der Waals surface area contributed by atoms with Crippen LogP contribution in [0.15, 0.2) is 30.3 Å². The van der Waals surface area contributed by atoms with Crippen molar-refractivity contribution in [1.82, 2.24) is 20.0 Å². The van der Waals surface area contributed by atoms with E-state index in [0.717, 1.165) is 5.56 Å². The summed E-state index contributed by atoms with van der Waals surface area (Å²) >= 11 is 0. The van der Waals surface area contributed by atoms with Crippen LogP contribution >= 0.6 is 0 Å². The Morgan fingerprint density at radius 3 is 2.63 bits per heavy atom. The van der Waals surface area contributed by atoms with Crippen LogP contribution in [-0.4, -0.2) is 59.3 Å². The summed E-state index contributed by atoms with van der Waals surface area (Å²) in [5, 5.41) is 7.09. The molecule has 1 aliphatic heterocycles. The van der Waals surface area contributed by atoms with Gasteiger partial charge in [-0.05, 0) is 37.1 Å². The number of carbonyl (C=O) groups is 2. The molecule has 0 radical (unpaired) electrons. The van der Waals surface area contributed by atoms with E-state index in [9.17, 15) is 14.0 Å². The summed E-state index contributed by atoms with van der Waals surface area (Å²) in [4.78, 5) is 26.6. The van der Waals surface area contributed by atoms with E-state index in [2.05, 4.69) is 10.4 Å². The first-order valence-electron chi connectivity index (χ1n) is 8.95. The lowest BCUT2D eigenvalue weighted by atomic mass is 10.1. The van der Waals surface area contributed by atoms with Gasteiger partial charge < -0.3 is 15.0 Å². The lowest BCUT2D eigenvalue weighted by Crippen LogP contribution is -2.42. The van der Waals surface area contributed by atoms with E-state index in [1.165, 1.54) is 16.8 Å². The average Bonchev–Trinajstić information content (AvgIpc) is 3.03. The zero-order valence-corrected chi connectivity index (χ0v) is 15.3. The minimum atomic E-state index is -0.283. The Bertz CT molecular complexity index is 798. The molecule has 1 saturated heterocycles. The van der Waals surface area contributed by atoms with E-state index in [4.69, 9.17) is 4.74 Å². The van der Waals surface area contributed by atoms with E-state index in [0.29, 0.717) is 50.7 Å². The fourth-order valence-corrected chi connectivity index (χ4v) is 2.96. The number of aromatic nitrogens is 2. The topological polar surface area (TPSA) is 76.5 Å². The molecular formula is C19H23FN4O3. The van der Waals surface area contributed by atoms with Crippen molar-refractivity contribution in [2.45, 2.75) is 19.9 Å². The molecule has 0 unspecified atom stereocenters. The molecule has 0 saturated carbocycles. The fourth-order valence-electron chi connectivity index (χ4n) is 2.96. The molecule has 0 aliphatic carbocycles. The van der Waals surface area contributed by atoms with E-state index in [1.807, 2.05) is 0 Å². The number of rotatable bonds is 6. The third-order valence-corrected chi connectivity index (χ3v) is 4.36. The van der Waals surface area contributed by atoms with Crippen LogP contribution in [0.4, 0.5) is 4.39 Å². The van der Waals surface area contributed by atoms with E-state index >= 15 is 0 Å². The maximum absolute atomic E-state index is 12.9. The quantitative estimate of drug-likeness (QED) is 0.823. The third-order valence-electron chi connectivity index (χ3n) is 4.36. The number of aryl methyl sites for hydroxylation is 1. The lowest BCUT2D eigenvalue weighted by Gasteiger charge is -2.26. The van der Waals surface area contributed by atoms with Crippen molar-refractivity contribution in [2.75, 3.05) is 32.8 Å². The first-order valence-corrected chi connectivity index (χ1v) is 8.95. The van der Waals surface area contributed by atoms with Crippen molar-refractivity contribution in [1.29, 1.82) is 0 Å². The second-order valence-electron chi connectivity index (χ2n) is 6.46. The van der Waals surface area contributed by atoms with Gasteiger partial charge in [-0.25, -0.2) is 4.39 Å². The Kier molecular flexibility index (Phi) is 6.18. The maximum atomic E-state index is 12.9. The molecule has 1 fully saturated rings. The van der Waals surface area contributed by atoms with Crippen molar-refractivity contribution in [3.05, 3.63) is 53.1 Å². The van der Waals surface area contributed by atoms with E-state index in [1.54, 1.807) is 30.0 Å². The molecule has 0 spiro atoms. The van der Waals surface area contributed by atoms with E-state index < -0.39 is 0 Å². The van der Waals surface area contributed by atoms with Crippen molar-refractivity contribution in [2.24, 2.45) is 0 Å². The number of carbonyl (C=O) groups excluding carboxylic acids is 2. The Balaban J connectivity index is 1.55. The molecule has 8 heteroatoms. The normalized spacial score (nSPS) is 14.2. The van der Waals surface area contributed by atoms with Gasteiger partial charge in [0.15, 0.2) is 0 Å². The molecular weight excluding hydrogens is 351 g/mol. The number of nitrogens with one attached hydrogen (secondary N) is 1. The summed E-state index contributed by atoms with van der Waals surface area (Å²) in [5.74, 6) is -0.649. The molecule has 1 N–H and O–H groups in total. The Morgan fingerprint density at radius 2 is 1.93 bits per heavy atom. The van der Waals surface area contributed by atoms with Crippen LogP contribution in [0.25, 0.3) is 0 Å². The minimum Gasteiger partial charge on any atom is -0.378 e. The minimum absolute atomic E-state index is 0.0251. The standard InChI is InChI=1S/C19H23FN4O3/c1-14-12-17(19(26)23-8-10-27-11-9-23)24(22-14)13-18(25)21-7-6-15-2-4-16(20)5-3-15/h2-5,12H,6-11,13H2,1H3,(H,21,25). The van der Waals surface area contributed by atoms with Crippen LogP contribution in [0.2, 0.25) is 0 Å². The van der Waals surface area contributed by atoms with Crippen LogP contribution in [0.1, 0.15) is 21.7 Å². The molecule has 2 amide bonds. The molecule has 1 aliphatic rings. The zero-order valence-electron chi connectivity index (χ0n) is 15.3. The van der Waals surface area contributed by atoms with Gasteiger partial charge in [-0.15, -0.1) is 0 Å². The second kappa shape index (κ2) is 8.77. The molecule has 1 aromatic heterocycles. The number of halogens is 1. The number of nitrogens with zero attached hydrogens (tertiary/aromatic N) is 3. The van der Waals surface area contributed by atoms with Gasteiger partial charge in [-0.1, -0.05) is 12.1 Å². The highest BCUT2D eigenvalue weighted by molar-refractivity contribution is 5.93. The first-order chi connectivity index (χ1) is 13.0. The van der Waals surface area contributed by atoms with Crippen molar-refractivity contribution < 1.29 is 18.7 Å². The summed E-state index contributed by atoms with van der Waals surface area (Å²) in [6.45, 7) is 4.30. The van der Waals surface area contributed by atoms with Crippen molar-refractivity contribution in [3.63, 3.8) is 0 Å². The number of ether oxygens (including phenoxy) is 1. The number of hydrogen-bond donors (Lipinski definition) is 1. The Morgan fingerprint density at radius 1 is 1.22 bits per heavy atom. The number of morpholine rings is 1. The highest BCUT2D eigenvalue weighted by atomic mass is 19.1. The monoisotopic (exact) mass is 374 g/mol. The van der Waals surface area contributed by atoms with E-state index in [-0.39, 0.29) is 24.2 Å². The van der Waals surface area contributed by atoms with Crippen LogP contribution in [0.3, 0.4) is 0 Å². The Labute approximate surface area is 157 Å². The molecule has 2 aromatic rings. The molecule has 0 atom stereocenters. The highest BCUT2D eigenvalue weighted by Gasteiger charge is 2.23. The number of hydrogen-bond acceptors (Lipinski definition) is 4. The largest absolute Gasteiger partial charge is 0.378 e. The predicted octanol–water partition coefficient (Wildman–Crippen LogP) is 1.16. The van der Waals surface area contributed by atoms with Gasteiger partial charge in [0.05, 0.1) is 18.9 Å². The highest BCUT2D eigenvalue weighted by Crippen LogP contribution is 2.10. The molecule has 144 valence electrons. The van der Waals surface area contributed by atoms with Gasteiger partial charge in [0.1, 0.15) is 18.1 Å². The summed E-state index contributed by atoms with van der Waals surface area (Å²) in [7, 11) is 0. The smallest absolute Gasteiger partial charge is 0.272 e. The molecule has 3 rings (SSSR count). The zero-order chi connectivity index (χ0) is 19.2. The predicted molar refractivity (Wildman–Crippen MR) is 96.8 cm³/mol. The van der Waals surface area contributed by atoms with Gasteiger partial charge in [0.2, 0.25) is 5.91 Å². The van der Waals surface area contributed by atoms with Crippen LogP contribution in [0.5, 0.6) is 0 Å². The lowest BCUT2D eigenvalue weighted by molar-refractivity contribution is -0.121. The second-order valence-corrected chi connectivity index (χ2v) is 6.46. The molecule has 2 heterocycles. The maximum Gasteiger partial charge on any atom is 0.272 e. The SMILES string of the molecule is Cc1cc(C(=O)N2CCOCC2)n(CC(=O)NCCc2ccc(F)cc2)n1. The molecule has 1 aromatic carbocycles. The molecule has 0 bridgehead atoms. The number of benzene rings is 1. The molecule has 27 heavy (non-hydrogen) atoms. The molecule has 7 nitrogen and oxygen atoms in total. The first kappa shape index (κ1) is 19.0. The summed E-state index contributed by atoms with van der Waals surface area (Å²) in [6.07, 6.45) is 0.601. The number of amides is 2. The van der Waals surface area contributed by atoms with Crippen LogP contribution in [-0.2, 0) is 22.5 Å². The summed E-state index contributed by atoms with van der Waals surface area (Å²) in [6, 6.07) is 7.87. The van der Waals surface area contributed by atoms with Crippen LogP contribution < -0.4 is 5.32 Å². The van der Waals surface area contributed by atoms with Gasteiger partial charge in [-0.3, -0.25) is 14.3 Å². The fraction of sp³-hybridized carbons (Fsp3) is 0.421. The summed E-state index contributed by atoms with van der Waals surface area (Å²) < 4.78 is 19.6. The summed E-state index contributed by atoms with van der Waals surface area (Å²) in [5.41, 5.74) is 2.03. The van der Waals surface area contributed by atoms with Gasteiger partial charge in [-0.2, -0.15) is 5.10 Å². The van der Waals surface area contributed by atoms with Crippen molar-refractivity contribution in [3.8, 4) is 0 Å². The third kappa shape index (κ3) is 5.13. The average molecular weight is 374 g/mol.